The van der Waals surface area contributed by atoms with Gasteiger partial charge in [0.25, 0.3) is 0 Å². The van der Waals surface area contributed by atoms with E-state index >= 15 is 0 Å². The van der Waals surface area contributed by atoms with Crippen LogP contribution in [-0.2, 0) is 0 Å². The number of nitrogens with two attached hydrogens (primary N) is 1. The molecule has 1 aliphatic rings. The zero-order chi connectivity index (χ0) is 15.0. The third-order valence-corrected chi connectivity index (χ3v) is 4.83. The standard InChI is InChI=1S/C15H12Br2ClNO2/c16-8-1-2-11(17)9(5-8)15(19)10-6-13-14(7-12(10)18)21-4-3-20-13/h1-2,5-7,15H,3-4,19H2. The molecule has 6 heteroatoms. The fourth-order valence-electron chi connectivity index (χ4n) is 2.24. The summed E-state index contributed by atoms with van der Waals surface area (Å²) in [7, 11) is 0. The average Bonchev–Trinajstić information content (AvgIpc) is 2.48. The van der Waals surface area contributed by atoms with Crippen LogP contribution in [-0.4, -0.2) is 13.2 Å². The number of hydrogen-bond donors (Lipinski definition) is 1. The first-order chi connectivity index (χ1) is 10.1. The maximum absolute atomic E-state index is 6.39. The van der Waals surface area contributed by atoms with Crippen molar-refractivity contribution in [1.82, 2.24) is 0 Å². The van der Waals surface area contributed by atoms with Crippen LogP contribution in [0.4, 0.5) is 0 Å². The monoisotopic (exact) mass is 431 g/mol. The van der Waals surface area contributed by atoms with Gasteiger partial charge in [-0.15, -0.1) is 0 Å². The molecule has 3 rings (SSSR count). The number of rotatable bonds is 2. The zero-order valence-electron chi connectivity index (χ0n) is 10.9. The van der Waals surface area contributed by atoms with Crippen molar-refractivity contribution >= 4 is 43.5 Å². The van der Waals surface area contributed by atoms with Crippen LogP contribution in [0.25, 0.3) is 0 Å². The van der Waals surface area contributed by atoms with Crippen LogP contribution < -0.4 is 15.2 Å². The van der Waals surface area contributed by atoms with Gasteiger partial charge in [0.15, 0.2) is 11.5 Å². The Morgan fingerprint density at radius 3 is 2.38 bits per heavy atom. The maximum Gasteiger partial charge on any atom is 0.162 e. The molecule has 110 valence electrons. The maximum atomic E-state index is 6.39. The van der Waals surface area contributed by atoms with Crippen molar-refractivity contribution in [2.75, 3.05) is 13.2 Å². The molecule has 3 nitrogen and oxygen atoms in total. The van der Waals surface area contributed by atoms with Crippen molar-refractivity contribution in [3.8, 4) is 11.5 Å². The summed E-state index contributed by atoms with van der Waals surface area (Å²) in [6, 6.07) is 9.13. The minimum atomic E-state index is -0.361. The molecule has 0 saturated heterocycles. The fourth-order valence-corrected chi connectivity index (χ4v) is 3.38. The van der Waals surface area contributed by atoms with Crippen molar-refractivity contribution in [2.24, 2.45) is 5.73 Å². The molecule has 1 atom stereocenters. The topological polar surface area (TPSA) is 44.5 Å². The molecule has 1 aliphatic heterocycles. The molecule has 21 heavy (non-hydrogen) atoms. The van der Waals surface area contributed by atoms with E-state index in [2.05, 4.69) is 31.9 Å². The third-order valence-electron chi connectivity index (χ3n) is 3.29. The van der Waals surface area contributed by atoms with E-state index in [1.807, 2.05) is 24.3 Å². The summed E-state index contributed by atoms with van der Waals surface area (Å²) in [5, 5.41) is 0.568. The van der Waals surface area contributed by atoms with E-state index in [-0.39, 0.29) is 6.04 Å². The van der Waals surface area contributed by atoms with E-state index in [0.717, 1.165) is 20.1 Å². The Morgan fingerprint density at radius 2 is 1.67 bits per heavy atom. The van der Waals surface area contributed by atoms with Crippen LogP contribution >= 0.6 is 43.5 Å². The van der Waals surface area contributed by atoms with Gasteiger partial charge >= 0.3 is 0 Å². The fraction of sp³-hybridized carbons (Fsp3) is 0.200. The van der Waals surface area contributed by atoms with E-state index in [0.29, 0.717) is 29.7 Å². The summed E-state index contributed by atoms with van der Waals surface area (Å²) in [4.78, 5) is 0. The van der Waals surface area contributed by atoms with Crippen molar-refractivity contribution < 1.29 is 9.47 Å². The highest BCUT2D eigenvalue weighted by atomic mass is 79.9. The van der Waals surface area contributed by atoms with Gasteiger partial charge in [0.05, 0.1) is 6.04 Å². The van der Waals surface area contributed by atoms with Gasteiger partial charge in [0.2, 0.25) is 0 Å². The normalized spacial score (nSPS) is 14.9. The Kier molecular flexibility index (Phi) is 4.45. The lowest BCUT2D eigenvalue weighted by Gasteiger charge is -2.22. The first-order valence-electron chi connectivity index (χ1n) is 6.36. The molecule has 0 saturated carbocycles. The van der Waals surface area contributed by atoms with Crippen molar-refractivity contribution in [2.45, 2.75) is 6.04 Å². The second kappa shape index (κ2) is 6.16. The molecule has 2 aromatic rings. The molecule has 0 spiro atoms. The lowest BCUT2D eigenvalue weighted by Crippen LogP contribution is -2.18. The van der Waals surface area contributed by atoms with Gasteiger partial charge < -0.3 is 15.2 Å². The minimum absolute atomic E-state index is 0.361. The van der Waals surface area contributed by atoms with E-state index < -0.39 is 0 Å². The highest BCUT2D eigenvalue weighted by molar-refractivity contribution is 9.11. The lowest BCUT2D eigenvalue weighted by molar-refractivity contribution is 0.171. The van der Waals surface area contributed by atoms with Crippen LogP contribution in [0.2, 0.25) is 5.02 Å². The Bertz CT molecular complexity index is 694. The van der Waals surface area contributed by atoms with Crippen molar-refractivity contribution in [3.63, 3.8) is 0 Å². The molecule has 1 heterocycles. The van der Waals surface area contributed by atoms with E-state index in [1.165, 1.54) is 0 Å². The Labute approximate surface area is 144 Å². The van der Waals surface area contributed by atoms with E-state index in [4.69, 9.17) is 26.8 Å². The van der Waals surface area contributed by atoms with Crippen LogP contribution in [0.1, 0.15) is 17.2 Å². The number of benzene rings is 2. The van der Waals surface area contributed by atoms with Crippen molar-refractivity contribution in [3.05, 3.63) is 55.4 Å². The SMILES string of the molecule is NC(c1cc2c(cc1Cl)OCCO2)c1cc(Br)ccc1Br. The second-order valence-corrected chi connectivity index (χ2v) is 6.84. The number of fused-ring (bicyclic) bond motifs is 1. The predicted octanol–water partition coefficient (Wildman–Crippen LogP) is 4.68. The first kappa shape index (κ1) is 15.2. The number of halogens is 3. The highest BCUT2D eigenvalue weighted by Gasteiger charge is 2.21. The second-order valence-electron chi connectivity index (χ2n) is 4.66. The van der Waals surface area contributed by atoms with Crippen LogP contribution in [0.15, 0.2) is 39.3 Å². The summed E-state index contributed by atoms with van der Waals surface area (Å²) in [6.07, 6.45) is 0. The van der Waals surface area contributed by atoms with Gasteiger partial charge in [-0.3, -0.25) is 0 Å². The van der Waals surface area contributed by atoms with Crippen LogP contribution in [0.5, 0.6) is 11.5 Å². The third kappa shape index (κ3) is 3.06. The highest BCUT2D eigenvalue weighted by Crippen LogP contribution is 2.40. The number of hydrogen-bond acceptors (Lipinski definition) is 3. The molecule has 0 radical (unpaired) electrons. The van der Waals surface area contributed by atoms with E-state index in [1.54, 1.807) is 6.07 Å². The molecule has 0 fully saturated rings. The molecule has 0 aromatic heterocycles. The summed E-state index contributed by atoms with van der Waals surface area (Å²) >= 11 is 13.3. The average molecular weight is 434 g/mol. The van der Waals surface area contributed by atoms with Crippen molar-refractivity contribution in [1.29, 1.82) is 0 Å². The molecule has 2 N–H and O–H groups in total. The van der Waals surface area contributed by atoms with E-state index in [9.17, 15) is 0 Å². The molecule has 2 aromatic carbocycles. The lowest BCUT2D eigenvalue weighted by atomic mass is 9.99. The summed E-state index contributed by atoms with van der Waals surface area (Å²) < 4.78 is 13.0. The quantitative estimate of drug-likeness (QED) is 0.748. The largest absolute Gasteiger partial charge is 0.486 e. The molecular formula is C15H12Br2ClNO2. The molecule has 0 amide bonds. The van der Waals surface area contributed by atoms with Gasteiger partial charge in [-0.1, -0.05) is 43.5 Å². The zero-order valence-corrected chi connectivity index (χ0v) is 14.8. The van der Waals surface area contributed by atoms with Gasteiger partial charge in [-0.25, -0.2) is 0 Å². The molecule has 1 unspecified atom stereocenters. The molecular weight excluding hydrogens is 421 g/mol. The predicted molar refractivity (Wildman–Crippen MR) is 90.3 cm³/mol. The summed E-state index contributed by atoms with van der Waals surface area (Å²) in [5.74, 6) is 1.35. The molecule has 0 aliphatic carbocycles. The Morgan fingerprint density at radius 1 is 1.00 bits per heavy atom. The molecule has 0 bridgehead atoms. The Hall–Kier alpha value is -0.750. The summed E-state index contributed by atoms with van der Waals surface area (Å²) in [6.45, 7) is 1.07. The van der Waals surface area contributed by atoms with Gasteiger partial charge in [-0.05, 0) is 35.4 Å². The minimum Gasteiger partial charge on any atom is -0.486 e. The van der Waals surface area contributed by atoms with Crippen LogP contribution in [0.3, 0.4) is 0 Å². The van der Waals surface area contributed by atoms with Gasteiger partial charge in [0, 0.05) is 20.0 Å². The van der Waals surface area contributed by atoms with Gasteiger partial charge in [0.1, 0.15) is 13.2 Å². The number of ether oxygens (including phenoxy) is 2. The summed E-state index contributed by atoms with van der Waals surface area (Å²) in [5.41, 5.74) is 8.14. The van der Waals surface area contributed by atoms with Crippen LogP contribution in [0, 0.1) is 0 Å². The smallest absolute Gasteiger partial charge is 0.162 e. The first-order valence-corrected chi connectivity index (χ1v) is 8.32. The Balaban J connectivity index is 2.05. The van der Waals surface area contributed by atoms with Gasteiger partial charge in [-0.2, -0.15) is 0 Å².